The van der Waals surface area contributed by atoms with Gasteiger partial charge >= 0.3 is 5.69 Å². The van der Waals surface area contributed by atoms with Crippen LogP contribution in [-0.4, -0.2) is 24.7 Å². The summed E-state index contributed by atoms with van der Waals surface area (Å²) in [5, 5.41) is 7.98. The Kier molecular flexibility index (Phi) is 5.73. The van der Waals surface area contributed by atoms with Crippen molar-refractivity contribution in [1.82, 2.24) is 18.7 Å². The fourth-order valence-corrected chi connectivity index (χ4v) is 4.15. The van der Waals surface area contributed by atoms with Gasteiger partial charge in [-0.3, -0.25) is 14.2 Å². The third kappa shape index (κ3) is 4.11. The average Bonchev–Trinajstić information content (AvgIpc) is 3.15. The molecular weight excluding hydrogens is 454 g/mol. The maximum Gasteiger partial charge on any atom is 0.352 e. The molecule has 0 aliphatic carbocycles. The number of halogens is 1. The quantitative estimate of drug-likeness (QED) is 0.409. The van der Waals surface area contributed by atoms with E-state index in [1.54, 1.807) is 48.5 Å². The number of carbonyl (C=O) groups is 1. The van der Waals surface area contributed by atoms with Gasteiger partial charge in [-0.2, -0.15) is 0 Å². The van der Waals surface area contributed by atoms with Gasteiger partial charge in [0, 0.05) is 17.3 Å². The first-order valence-corrected chi connectivity index (χ1v) is 11.1. The molecule has 0 fully saturated rings. The monoisotopic (exact) mass is 473 g/mol. The van der Waals surface area contributed by atoms with E-state index in [2.05, 4.69) is 10.4 Å². The van der Waals surface area contributed by atoms with E-state index in [4.69, 9.17) is 11.6 Å². The lowest BCUT2D eigenvalue weighted by Gasteiger charge is -2.09. The van der Waals surface area contributed by atoms with E-state index >= 15 is 0 Å². The van der Waals surface area contributed by atoms with E-state index in [-0.39, 0.29) is 17.9 Å². The maximum absolute atomic E-state index is 13.3. The van der Waals surface area contributed by atoms with Crippen LogP contribution in [0.25, 0.3) is 16.7 Å². The summed E-state index contributed by atoms with van der Waals surface area (Å²) in [6.45, 7) is 0.0244. The molecule has 0 aliphatic heterocycles. The van der Waals surface area contributed by atoms with E-state index in [0.717, 1.165) is 10.2 Å². The Labute approximate surface area is 198 Å². The number of aromatic nitrogens is 4. The molecule has 0 aliphatic rings. The lowest BCUT2D eigenvalue weighted by atomic mass is 10.1. The van der Waals surface area contributed by atoms with Crippen LogP contribution in [0.2, 0.25) is 5.02 Å². The zero-order valence-electron chi connectivity index (χ0n) is 18.0. The highest BCUT2D eigenvalue weighted by Crippen LogP contribution is 2.15. The van der Waals surface area contributed by atoms with E-state index in [1.165, 1.54) is 8.97 Å². The number of aryl methyl sites for hydroxylation is 2. The average molecular weight is 474 g/mol. The van der Waals surface area contributed by atoms with Gasteiger partial charge in [-0.15, -0.1) is 5.10 Å². The van der Waals surface area contributed by atoms with Crippen LogP contribution in [0.1, 0.15) is 5.56 Å². The van der Waals surface area contributed by atoms with Crippen LogP contribution in [0, 0.1) is 0 Å². The molecule has 0 unspecified atom stereocenters. The number of nitrogens with zero attached hydrogens (tertiary/aromatic N) is 4. The van der Waals surface area contributed by atoms with E-state index in [0.29, 0.717) is 34.6 Å². The van der Waals surface area contributed by atoms with Gasteiger partial charge in [0.2, 0.25) is 11.7 Å². The second-order valence-electron chi connectivity index (χ2n) is 7.84. The van der Waals surface area contributed by atoms with Gasteiger partial charge in [-0.25, -0.2) is 13.9 Å². The zero-order chi connectivity index (χ0) is 23.7. The molecule has 0 radical (unpaired) electrons. The molecule has 0 atom stereocenters. The second-order valence-corrected chi connectivity index (χ2v) is 8.28. The third-order valence-electron chi connectivity index (χ3n) is 5.55. The van der Waals surface area contributed by atoms with Crippen molar-refractivity contribution in [3.05, 3.63) is 110 Å². The molecule has 34 heavy (non-hydrogen) atoms. The lowest BCUT2D eigenvalue weighted by Crippen LogP contribution is -2.29. The fraction of sp³-hybridized carbons (Fsp3) is 0.120. The minimum absolute atomic E-state index is 0.195. The van der Waals surface area contributed by atoms with E-state index in [9.17, 15) is 14.4 Å². The van der Waals surface area contributed by atoms with Gasteiger partial charge in [0.15, 0.2) is 0 Å². The normalized spacial score (nSPS) is 11.2. The molecule has 5 rings (SSSR count). The Morgan fingerprint density at radius 3 is 2.50 bits per heavy atom. The molecule has 3 aromatic carbocycles. The Bertz CT molecular complexity index is 1640. The topological polar surface area (TPSA) is 90.4 Å². The number of rotatable bonds is 6. The molecule has 170 valence electrons. The van der Waals surface area contributed by atoms with E-state index in [1.807, 2.05) is 30.3 Å². The summed E-state index contributed by atoms with van der Waals surface area (Å²) in [7, 11) is 0. The molecule has 0 bridgehead atoms. The summed E-state index contributed by atoms with van der Waals surface area (Å²) in [6.07, 6.45) is 0.588. The number of hydrogen-bond donors (Lipinski definition) is 1. The van der Waals surface area contributed by atoms with Crippen molar-refractivity contribution in [3.8, 4) is 0 Å². The Hall–Kier alpha value is -4.17. The van der Waals surface area contributed by atoms with Gasteiger partial charge in [-0.1, -0.05) is 60.1 Å². The second kappa shape index (κ2) is 8.99. The van der Waals surface area contributed by atoms with Crippen molar-refractivity contribution in [3.63, 3.8) is 0 Å². The number of anilines is 1. The molecule has 5 aromatic rings. The van der Waals surface area contributed by atoms with Gasteiger partial charge in [-0.05, 0) is 42.3 Å². The van der Waals surface area contributed by atoms with Crippen molar-refractivity contribution in [2.45, 2.75) is 19.5 Å². The molecule has 0 saturated heterocycles. The number of nitrogens with one attached hydrogen (secondary N) is 1. The summed E-state index contributed by atoms with van der Waals surface area (Å²) >= 11 is 5.97. The van der Waals surface area contributed by atoms with E-state index < -0.39 is 11.6 Å². The van der Waals surface area contributed by atoms with Crippen molar-refractivity contribution >= 4 is 39.9 Å². The standard InChI is InChI=1S/C25H20ClN5O3/c26-18-9-6-10-19(15-18)27-22(32)16-30-25(34)31-21-12-5-4-11-20(21)23(33)29(24(31)28-30)14-13-17-7-2-1-3-8-17/h1-12,15H,13-14,16H2,(H,27,32). The highest BCUT2D eigenvalue weighted by molar-refractivity contribution is 6.30. The summed E-state index contributed by atoms with van der Waals surface area (Å²) in [6, 6.07) is 23.4. The van der Waals surface area contributed by atoms with Crippen molar-refractivity contribution < 1.29 is 4.79 Å². The van der Waals surface area contributed by atoms with Gasteiger partial charge in [0.1, 0.15) is 6.54 Å². The molecule has 9 heteroatoms. The van der Waals surface area contributed by atoms with Gasteiger partial charge < -0.3 is 5.32 Å². The minimum atomic E-state index is -0.499. The van der Waals surface area contributed by atoms with Crippen LogP contribution in [0.5, 0.6) is 0 Å². The predicted molar refractivity (Wildman–Crippen MR) is 131 cm³/mol. The summed E-state index contributed by atoms with van der Waals surface area (Å²) in [5.41, 5.74) is 1.29. The van der Waals surface area contributed by atoms with Gasteiger partial charge in [0.05, 0.1) is 10.9 Å². The lowest BCUT2D eigenvalue weighted by molar-refractivity contribution is -0.117. The van der Waals surface area contributed by atoms with Crippen LogP contribution < -0.4 is 16.6 Å². The van der Waals surface area contributed by atoms with Gasteiger partial charge in [0.25, 0.3) is 5.56 Å². The number of carbonyl (C=O) groups excluding carboxylic acids is 1. The fourth-order valence-electron chi connectivity index (χ4n) is 3.96. The first-order chi connectivity index (χ1) is 16.5. The number of hydrogen-bond acceptors (Lipinski definition) is 4. The Balaban J connectivity index is 1.56. The molecule has 1 amide bonds. The van der Waals surface area contributed by atoms with Crippen LogP contribution in [0.4, 0.5) is 5.69 Å². The summed E-state index contributed by atoms with van der Waals surface area (Å²) in [4.78, 5) is 39.2. The highest BCUT2D eigenvalue weighted by atomic mass is 35.5. The SMILES string of the molecule is O=C(Cn1nc2n(CCc3ccccc3)c(=O)c3ccccc3n2c1=O)Nc1cccc(Cl)c1. The number of benzene rings is 3. The Morgan fingerprint density at radius 2 is 1.71 bits per heavy atom. The molecule has 0 spiro atoms. The van der Waals surface area contributed by atoms with Crippen LogP contribution in [-0.2, 0) is 24.3 Å². The van der Waals surface area contributed by atoms with Crippen molar-refractivity contribution in [2.75, 3.05) is 5.32 Å². The van der Waals surface area contributed by atoms with Crippen molar-refractivity contribution in [1.29, 1.82) is 0 Å². The number of fused-ring (bicyclic) bond motifs is 3. The zero-order valence-corrected chi connectivity index (χ0v) is 18.8. The molecule has 2 heterocycles. The van der Waals surface area contributed by atoms with Crippen molar-refractivity contribution in [2.24, 2.45) is 0 Å². The van der Waals surface area contributed by atoms with Crippen LogP contribution in [0.15, 0.2) is 88.5 Å². The highest BCUT2D eigenvalue weighted by Gasteiger charge is 2.18. The Morgan fingerprint density at radius 1 is 0.941 bits per heavy atom. The summed E-state index contributed by atoms with van der Waals surface area (Å²) < 4.78 is 3.94. The van der Waals surface area contributed by atoms with Crippen LogP contribution in [0.3, 0.4) is 0 Å². The largest absolute Gasteiger partial charge is 0.352 e. The minimum Gasteiger partial charge on any atom is -0.324 e. The smallest absolute Gasteiger partial charge is 0.324 e. The third-order valence-corrected chi connectivity index (χ3v) is 5.79. The predicted octanol–water partition coefficient (Wildman–Crippen LogP) is 3.35. The first kappa shape index (κ1) is 21.7. The number of amides is 1. The number of para-hydroxylation sites is 1. The van der Waals surface area contributed by atoms with Crippen LogP contribution >= 0.6 is 11.6 Å². The molecule has 1 N–H and O–H groups in total. The molecule has 8 nitrogen and oxygen atoms in total. The summed E-state index contributed by atoms with van der Waals surface area (Å²) in [5.74, 6) is -0.240. The molecule has 2 aromatic heterocycles. The molecule has 0 saturated carbocycles. The maximum atomic E-state index is 13.3. The molecular formula is C25H20ClN5O3. The first-order valence-electron chi connectivity index (χ1n) is 10.7.